The summed E-state index contributed by atoms with van der Waals surface area (Å²) in [4.78, 5) is 27.2. The van der Waals surface area contributed by atoms with Gasteiger partial charge >= 0.3 is 0 Å². The normalized spacial score (nSPS) is 24.1. The number of carbonyl (C=O) groups excluding carboxylic acids is 1. The molecule has 6 nitrogen and oxygen atoms in total. The van der Waals surface area contributed by atoms with E-state index in [9.17, 15) is 9.59 Å². The lowest BCUT2D eigenvalue weighted by Gasteiger charge is -2.43. The van der Waals surface area contributed by atoms with Gasteiger partial charge in [-0.1, -0.05) is 0 Å². The molecular formula is C16H22N2O4. The standard InChI is InChI=1S/C16H22N2O4/c1-11-9-17-10-13(14(11)19)15(20)18-12-2-5-22-16(8-12)3-6-21-7-4-16/h9-10,12H,2-8H2,1H3,(H,17,19)(H,18,20). The van der Waals surface area contributed by atoms with Crippen LogP contribution in [0.5, 0.6) is 0 Å². The van der Waals surface area contributed by atoms with Crippen LogP contribution in [-0.4, -0.2) is 42.4 Å². The van der Waals surface area contributed by atoms with Gasteiger partial charge in [-0.25, -0.2) is 0 Å². The van der Waals surface area contributed by atoms with E-state index >= 15 is 0 Å². The Kier molecular flexibility index (Phi) is 4.31. The van der Waals surface area contributed by atoms with Gasteiger partial charge in [0, 0.05) is 43.8 Å². The maximum Gasteiger partial charge on any atom is 0.256 e. The van der Waals surface area contributed by atoms with Gasteiger partial charge in [0.1, 0.15) is 5.56 Å². The van der Waals surface area contributed by atoms with Crippen LogP contribution in [0.25, 0.3) is 0 Å². The summed E-state index contributed by atoms with van der Waals surface area (Å²) in [5.74, 6) is -0.306. The Bertz CT molecular complexity index is 599. The van der Waals surface area contributed by atoms with E-state index in [0.717, 1.165) is 25.7 Å². The third-order valence-electron chi connectivity index (χ3n) is 4.61. The van der Waals surface area contributed by atoms with Crippen LogP contribution in [0.2, 0.25) is 0 Å². The quantitative estimate of drug-likeness (QED) is 0.858. The molecule has 0 bridgehead atoms. The van der Waals surface area contributed by atoms with Gasteiger partial charge in [-0.3, -0.25) is 9.59 Å². The minimum atomic E-state index is -0.306. The molecule has 0 aliphatic carbocycles. The zero-order chi connectivity index (χ0) is 15.6. The molecule has 2 saturated heterocycles. The Morgan fingerprint density at radius 2 is 2.09 bits per heavy atom. The van der Waals surface area contributed by atoms with Crippen molar-refractivity contribution in [2.24, 2.45) is 0 Å². The van der Waals surface area contributed by atoms with E-state index in [2.05, 4.69) is 10.3 Å². The monoisotopic (exact) mass is 306 g/mol. The van der Waals surface area contributed by atoms with Gasteiger partial charge in [0.15, 0.2) is 5.43 Å². The molecule has 1 aromatic heterocycles. The van der Waals surface area contributed by atoms with Crippen molar-refractivity contribution < 1.29 is 14.3 Å². The minimum Gasteiger partial charge on any atom is -0.381 e. The Morgan fingerprint density at radius 1 is 1.32 bits per heavy atom. The third kappa shape index (κ3) is 3.08. The highest BCUT2D eigenvalue weighted by Gasteiger charge is 2.39. The number of pyridine rings is 1. The summed E-state index contributed by atoms with van der Waals surface area (Å²) in [6.07, 6.45) is 6.36. The summed E-state index contributed by atoms with van der Waals surface area (Å²) in [6.45, 7) is 3.74. The fourth-order valence-electron chi connectivity index (χ4n) is 3.27. The molecule has 2 aliphatic heterocycles. The number of aromatic amines is 1. The van der Waals surface area contributed by atoms with Gasteiger partial charge in [0.2, 0.25) is 0 Å². The van der Waals surface area contributed by atoms with Crippen LogP contribution in [0.4, 0.5) is 0 Å². The number of H-pyrrole nitrogens is 1. The van der Waals surface area contributed by atoms with Crippen LogP contribution in [-0.2, 0) is 9.47 Å². The Balaban J connectivity index is 1.68. The molecule has 1 amide bonds. The fourth-order valence-corrected chi connectivity index (χ4v) is 3.27. The number of aryl methyl sites for hydroxylation is 1. The number of hydrogen-bond acceptors (Lipinski definition) is 4. The Hall–Kier alpha value is -1.66. The summed E-state index contributed by atoms with van der Waals surface area (Å²) in [5.41, 5.74) is 0.324. The summed E-state index contributed by atoms with van der Waals surface area (Å²) < 4.78 is 11.4. The average molecular weight is 306 g/mol. The average Bonchev–Trinajstić information content (AvgIpc) is 2.51. The number of rotatable bonds is 2. The molecule has 1 spiro atoms. The van der Waals surface area contributed by atoms with Crippen LogP contribution in [0.15, 0.2) is 17.2 Å². The molecule has 0 aromatic carbocycles. The molecule has 2 fully saturated rings. The number of ether oxygens (including phenoxy) is 2. The number of carbonyl (C=O) groups is 1. The summed E-state index contributed by atoms with van der Waals surface area (Å²) >= 11 is 0. The van der Waals surface area contributed by atoms with Crippen LogP contribution in [0.1, 0.15) is 41.6 Å². The second-order valence-corrected chi connectivity index (χ2v) is 6.19. The zero-order valence-electron chi connectivity index (χ0n) is 12.8. The highest BCUT2D eigenvalue weighted by molar-refractivity contribution is 5.94. The van der Waals surface area contributed by atoms with E-state index in [-0.39, 0.29) is 28.5 Å². The molecule has 1 aromatic rings. The van der Waals surface area contributed by atoms with Crippen LogP contribution in [0.3, 0.4) is 0 Å². The van der Waals surface area contributed by atoms with E-state index in [4.69, 9.17) is 9.47 Å². The van der Waals surface area contributed by atoms with Gasteiger partial charge in [0.05, 0.1) is 5.60 Å². The van der Waals surface area contributed by atoms with E-state index in [1.54, 1.807) is 13.1 Å². The summed E-state index contributed by atoms with van der Waals surface area (Å²) in [6, 6.07) is 0.0410. The first kappa shape index (κ1) is 15.2. The first-order valence-electron chi connectivity index (χ1n) is 7.80. The van der Waals surface area contributed by atoms with Crippen molar-refractivity contribution in [3.8, 4) is 0 Å². The van der Waals surface area contributed by atoms with E-state index in [1.807, 2.05) is 0 Å². The molecular weight excluding hydrogens is 284 g/mol. The topological polar surface area (TPSA) is 80.4 Å². The lowest BCUT2D eigenvalue weighted by atomic mass is 9.84. The second-order valence-electron chi connectivity index (χ2n) is 6.19. The SMILES string of the molecule is Cc1c[nH]cc(C(=O)NC2CCOC3(CCOCC3)C2)c1=O. The lowest BCUT2D eigenvalue weighted by molar-refractivity contribution is -0.139. The number of aromatic nitrogens is 1. The molecule has 1 unspecified atom stereocenters. The molecule has 3 rings (SSSR count). The van der Waals surface area contributed by atoms with Gasteiger partial charge in [-0.15, -0.1) is 0 Å². The zero-order valence-corrected chi connectivity index (χ0v) is 12.8. The van der Waals surface area contributed by atoms with E-state index in [1.165, 1.54) is 6.20 Å². The predicted octanol–water partition coefficient (Wildman–Crippen LogP) is 1.14. The van der Waals surface area contributed by atoms with Gasteiger partial charge in [-0.2, -0.15) is 0 Å². The van der Waals surface area contributed by atoms with Crippen molar-refractivity contribution in [1.82, 2.24) is 10.3 Å². The van der Waals surface area contributed by atoms with Gasteiger partial charge in [0.25, 0.3) is 5.91 Å². The van der Waals surface area contributed by atoms with Gasteiger partial charge in [-0.05, 0) is 32.6 Å². The number of nitrogens with one attached hydrogen (secondary N) is 2. The Labute approximate surface area is 129 Å². The van der Waals surface area contributed by atoms with Crippen molar-refractivity contribution in [2.75, 3.05) is 19.8 Å². The van der Waals surface area contributed by atoms with Crippen molar-refractivity contribution in [3.05, 3.63) is 33.7 Å². The molecule has 0 radical (unpaired) electrons. The molecule has 2 aliphatic rings. The molecule has 6 heteroatoms. The van der Waals surface area contributed by atoms with Crippen molar-refractivity contribution in [2.45, 2.75) is 44.2 Å². The van der Waals surface area contributed by atoms with Crippen LogP contribution in [0, 0.1) is 6.92 Å². The highest BCUT2D eigenvalue weighted by atomic mass is 16.5. The summed E-state index contributed by atoms with van der Waals surface area (Å²) in [5, 5.41) is 3.00. The van der Waals surface area contributed by atoms with Gasteiger partial charge < -0.3 is 19.8 Å². The van der Waals surface area contributed by atoms with Crippen molar-refractivity contribution >= 4 is 5.91 Å². The summed E-state index contributed by atoms with van der Waals surface area (Å²) in [7, 11) is 0. The van der Waals surface area contributed by atoms with Crippen molar-refractivity contribution in [3.63, 3.8) is 0 Å². The molecule has 22 heavy (non-hydrogen) atoms. The first-order valence-corrected chi connectivity index (χ1v) is 7.80. The molecule has 2 N–H and O–H groups in total. The van der Waals surface area contributed by atoms with E-state index in [0.29, 0.717) is 25.4 Å². The van der Waals surface area contributed by atoms with Crippen molar-refractivity contribution in [1.29, 1.82) is 0 Å². The molecule has 0 saturated carbocycles. The molecule has 120 valence electrons. The molecule has 1 atom stereocenters. The maximum atomic E-state index is 12.4. The lowest BCUT2D eigenvalue weighted by Crippen LogP contribution is -2.51. The number of hydrogen-bond donors (Lipinski definition) is 2. The minimum absolute atomic E-state index is 0.0410. The van der Waals surface area contributed by atoms with Crippen LogP contribution < -0.4 is 10.7 Å². The third-order valence-corrected chi connectivity index (χ3v) is 4.61. The fraction of sp³-hybridized carbons (Fsp3) is 0.625. The smallest absolute Gasteiger partial charge is 0.256 e. The Morgan fingerprint density at radius 3 is 2.86 bits per heavy atom. The second kappa shape index (κ2) is 6.22. The predicted molar refractivity (Wildman–Crippen MR) is 81.0 cm³/mol. The maximum absolute atomic E-state index is 12.4. The first-order chi connectivity index (χ1) is 10.6. The molecule has 3 heterocycles. The van der Waals surface area contributed by atoms with Crippen LogP contribution >= 0.6 is 0 Å². The number of amides is 1. The highest BCUT2D eigenvalue weighted by Crippen LogP contribution is 2.34. The largest absolute Gasteiger partial charge is 0.381 e. The van der Waals surface area contributed by atoms with E-state index < -0.39 is 0 Å².